The van der Waals surface area contributed by atoms with Crippen molar-refractivity contribution in [1.82, 2.24) is 15.3 Å². The molecular formula is C11H15N3S2. The third-order valence-corrected chi connectivity index (χ3v) is 4.64. The molecule has 2 rings (SSSR count). The van der Waals surface area contributed by atoms with Crippen LogP contribution in [-0.2, 0) is 6.54 Å². The molecule has 0 amide bonds. The van der Waals surface area contributed by atoms with Gasteiger partial charge in [-0.3, -0.25) is 0 Å². The van der Waals surface area contributed by atoms with Gasteiger partial charge in [0.2, 0.25) is 0 Å². The van der Waals surface area contributed by atoms with Crippen LogP contribution in [0.15, 0.2) is 11.0 Å². The Labute approximate surface area is 104 Å². The molecule has 0 fully saturated rings. The molecule has 2 heterocycles. The predicted molar refractivity (Wildman–Crippen MR) is 69.0 cm³/mol. The molecule has 86 valence electrons. The Morgan fingerprint density at radius 2 is 1.88 bits per heavy atom. The first kappa shape index (κ1) is 11.7. The van der Waals surface area contributed by atoms with Gasteiger partial charge >= 0.3 is 0 Å². The summed E-state index contributed by atoms with van der Waals surface area (Å²) < 4.78 is 0. The van der Waals surface area contributed by atoms with E-state index >= 15 is 0 Å². The van der Waals surface area contributed by atoms with E-state index in [-0.39, 0.29) is 0 Å². The standard InChI is InChI=1S/C11H15N3S2/c1-7-10(15-5-13-7)4-12-8(2)11-9(3)14-6-16-11/h5-6,8,12H,4H2,1-3H3. The summed E-state index contributed by atoms with van der Waals surface area (Å²) in [6.45, 7) is 7.17. The van der Waals surface area contributed by atoms with Gasteiger partial charge in [0.15, 0.2) is 0 Å². The highest BCUT2D eigenvalue weighted by Gasteiger charge is 2.11. The molecule has 1 N–H and O–H groups in total. The van der Waals surface area contributed by atoms with Crippen molar-refractivity contribution in [3.63, 3.8) is 0 Å². The van der Waals surface area contributed by atoms with E-state index in [1.54, 1.807) is 22.7 Å². The van der Waals surface area contributed by atoms with Gasteiger partial charge in [0.25, 0.3) is 0 Å². The predicted octanol–water partition coefficient (Wildman–Crippen LogP) is 3.07. The number of thiazole rings is 2. The molecule has 16 heavy (non-hydrogen) atoms. The molecule has 0 aliphatic heterocycles. The van der Waals surface area contributed by atoms with Crippen molar-refractivity contribution in [2.24, 2.45) is 0 Å². The number of hydrogen-bond acceptors (Lipinski definition) is 5. The fraction of sp³-hybridized carbons (Fsp3) is 0.455. The fourth-order valence-corrected chi connectivity index (χ4v) is 3.12. The van der Waals surface area contributed by atoms with Gasteiger partial charge in [-0.05, 0) is 20.8 Å². The van der Waals surface area contributed by atoms with E-state index in [1.165, 1.54) is 9.75 Å². The molecule has 1 atom stereocenters. The number of nitrogens with one attached hydrogen (secondary N) is 1. The Morgan fingerprint density at radius 3 is 2.44 bits per heavy atom. The SMILES string of the molecule is Cc1ncsc1CNC(C)c1scnc1C. The minimum absolute atomic E-state index is 0.356. The van der Waals surface area contributed by atoms with Crippen molar-refractivity contribution in [3.8, 4) is 0 Å². The maximum atomic E-state index is 4.27. The van der Waals surface area contributed by atoms with Crippen LogP contribution in [-0.4, -0.2) is 9.97 Å². The third-order valence-electron chi connectivity index (χ3n) is 2.59. The molecule has 2 aromatic rings. The molecule has 2 aromatic heterocycles. The molecule has 5 heteroatoms. The van der Waals surface area contributed by atoms with Gasteiger partial charge in [-0.15, -0.1) is 22.7 Å². The van der Waals surface area contributed by atoms with Crippen LogP contribution in [0.5, 0.6) is 0 Å². The molecule has 0 aliphatic rings. The van der Waals surface area contributed by atoms with E-state index in [0.717, 1.165) is 17.9 Å². The number of hydrogen-bond donors (Lipinski definition) is 1. The minimum Gasteiger partial charge on any atom is -0.304 e. The Kier molecular flexibility index (Phi) is 3.68. The zero-order valence-corrected chi connectivity index (χ0v) is 11.3. The van der Waals surface area contributed by atoms with E-state index in [1.807, 2.05) is 11.0 Å². The highest BCUT2D eigenvalue weighted by Crippen LogP contribution is 2.22. The highest BCUT2D eigenvalue weighted by atomic mass is 32.1. The summed E-state index contributed by atoms with van der Waals surface area (Å²) in [7, 11) is 0. The van der Waals surface area contributed by atoms with E-state index in [0.29, 0.717) is 6.04 Å². The molecule has 0 bridgehead atoms. The van der Waals surface area contributed by atoms with Crippen LogP contribution in [0.4, 0.5) is 0 Å². The summed E-state index contributed by atoms with van der Waals surface area (Å²) in [5.74, 6) is 0. The first-order chi connectivity index (χ1) is 7.68. The number of aryl methyl sites for hydroxylation is 2. The van der Waals surface area contributed by atoms with Crippen molar-refractivity contribution in [3.05, 3.63) is 32.2 Å². The monoisotopic (exact) mass is 253 g/mol. The molecular weight excluding hydrogens is 238 g/mol. The number of nitrogens with zero attached hydrogens (tertiary/aromatic N) is 2. The summed E-state index contributed by atoms with van der Waals surface area (Å²) >= 11 is 3.42. The van der Waals surface area contributed by atoms with Crippen LogP contribution >= 0.6 is 22.7 Å². The van der Waals surface area contributed by atoms with E-state index < -0.39 is 0 Å². The van der Waals surface area contributed by atoms with Gasteiger partial charge in [-0.2, -0.15) is 0 Å². The lowest BCUT2D eigenvalue weighted by atomic mass is 10.2. The smallest absolute Gasteiger partial charge is 0.0798 e. The van der Waals surface area contributed by atoms with Crippen LogP contribution in [0, 0.1) is 13.8 Å². The molecule has 0 radical (unpaired) electrons. The average Bonchev–Trinajstić information content (AvgIpc) is 2.84. The first-order valence-corrected chi connectivity index (χ1v) is 6.96. The second kappa shape index (κ2) is 5.03. The second-order valence-electron chi connectivity index (χ2n) is 3.77. The molecule has 0 spiro atoms. The lowest BCUT2D eigenvalue weighted by Gasteiger charge is -2.12. The zero-order chi connectivity index (χ0) is 11.5. The summed E-state index contributed by atoms with van der Waals surface area (Å²) in [5, 5.41) is 3.51. The Balaban J connectivity index is 1.97. The van der Waals surface area contributed by atoms with Gasteiger partial charge in [0.1, 0.15) is 0 Å². The molecule has 0 aliphatic carbocycles. The molecule has 1 unspecified atom stereocenters. The number of aromatic nitrogens is 2. The first-order valence-electron chi connectivity index (χ1n) is 5.21. The van der Waals surface area contributed by atoms with Crippen LogP contribution in [0.2, 0.25) is 0 Å². The highest BCUT2D eigenvalue weighted by molar-refractivity contribution is 7.10. The van der Waals surface area contributed by atoms with Gasteiger partial charge in [0, 0.05) is 22.3 Å². The van der Waals surface area contributed by atoms with Gasteiger partial charge in [-0.25, -0.2) is 9.97 Å². The summed E-state index contributed by atoms with van der Waals surface area (Å²) in [5.41, 5.74) is 6.06. The Bertz CT molecular complexity index is 461. The molecule has 3 nitrogen and oxygen atoms in total. The van der Waals surface area contributed by atoms with E-state index in [9.17, 15) is 0 Å². The lowest BCUT2D eigenvalue weighted by Crippen LogP contribution is -2.17. The van der Waals surface area contributed by atoms with Gasteiger partial charge < -0.3 is 5.32 Å². The van der Waals surface area contributed by atoms with E-state index in [4.69, 9.17) is 0 Å². The normalized spacial score (nSPS) is 12.9. The van der Waals surface area contributed by atoms with Crippen molar-refractivity contribution < 1.29 is 0 Å². The topological polar surface area (TPSA) is 37.8 Å². The Hall–Kier alpha value is -0.780. The van der Waals surface area contributed by atoms with Crippen molar-refractivity contribution in [2.75, 3.05) is 0 Å². The maximum Gasteiger partial charge on any atom is 0.0798 e. The quantitative estimate of drug-likeness (QED) is 0.910. The average molecular weight is 253 g/mol. The number of rotatable bonds is 4. The van der Waals surface area contributed by atoms with Crippen LogP contribution < -0.4 is 5.32 Å². The van der Waals surface area contributed by atoms with Crippen LogP contribution in [0.3, 0.4) is 0 Å². The Morgan fingerprint density at radius 1 is 1.19 bits per heavy atom. The second-order valence-corrected chi connectivity index (χ2v) is 5.59. The summed E-state index contributed by atoms with van der Waals surface area (Å²) in [6, 6.07) is 0.356. The van der Waals surface area contributed by atoms with E-state index in [2.05, 4.69) is 36.1 Å². The summed E-state index contributed by atoms with van der Waals surface area (Å²) in [6.07, 6.45) is 0. The van der Waals surface area contributed by atoms with Crippen LogP contribution in [0.25, 0.3) is 0 Å². The largest absolute Gasteiger partial charge is 0.304 e. The third kappa shape index (κ3) is 2.48. The molecule has 0 saturated carbocycles. The van der Waals surface area contributed by atoms with Crippen molar-refractivity contribution >= 4 is 22.7 Å². The molecule has 0 saturated heterocycles. The zero-order valence-electron chi connectivity index (χ0n) is 9.65. The summed E-state index contributed by atoms with van der Waals surface area (Å²) in [4.78, 5) is 11.1. The minimum atomic E-state index is 0.356. The van der Waals surface area contributed by atoms with Crippen LogP contribution in [0.1, 0.15) is 34.1 Å². The van der Waals surface area contributed by atoms with Gasteiger partial charge in [-0.1, -0.05) is 0 Å². The fourth-order valence-electron chi connectivity index (χ4n) is 1.56. The van der Waals surface area contributed by atoms with Crippen molar-refractivity contribution in [1.29, 1.82) is 0 Å². The molecule has 0 aromatic carbocycles. The maximum absolute atomic E-state index is 4.27. The lowest BCUT2D eigenvalue weighted by molar-refractivity contribution is 0.582. The van der Waals surface area contributed by atoms with Gasteiger partial charge in [0.05, 0.1) is 22.4 Å². The van der Waals surface area contributed by atoms with Crippen molar-refractivity contribution in [2.45, 2.75) is 33.4 Å².